The van der Waals surface area contributed by atoms with Gasteiger partial charge in [-0.2, -0.15) is 0 Å². The fourth-order valence-corrected chi connectivity index (χ4v) is 2.57. The van der Waals surface area contributed by atoms with Gasteiger partial charge in [0.15, 0.2) is 5.11 Å². The molecule has 0 fully saturated rings. The molecule has 0 radical (unpaired) electrons. The number of anilines is 1. The first kappa shape index (κ1) is 19.7. The van der Waals surface area contributed by atoms with Gasteiger partial charge in [-0.05, 0) is 62.8 Å². The van der Waals surface area contributed by atoms with Crippen LogP contribution in [-0.4, -0.2) is 30.3 Å². The van der Waals surface area contributed by atoms with E-state index in [9.17, 15) is 4.79 Å². The SMILES string of the molecule is CCOC(=O)c1ccc(C)c(NC(=S)N[C@H](C)COc2ccccc2)c1. The lowest BCUT2D eigenvalue weighted by molar-refractivity contribution is 0.0526. The summed E-state index contributed by atoms with van der Waals surface area (Å²) in [5, 5.41) is 6.78. The predicted octanol–water partition coefficient (Wildman–Crippen LogP) is 3.93. The Morgan fingerprint density at radius 2 is 1.92 bits per heavy atom. The van der Waals surface area contributed by atoms with Gasteiger partial charge in [-0.25, -0.2) is 4.79 Å². The van der Waals surface area contributed by atoms with Crippen LogP contribution < -0.4 is 15.4 Å². The number of thiocarbonyl (C=S) groups is 1. The zero-order chi connectivity index (χ0) is 18.9. The van der Waals surface area contributed by atoms with Gasteiger partial charge in [0.25, 0.3) is 0 Å². The Labute approximate surface area is 159 Å². The molecular formula is C20H24N2O3S. The first-order valence-electron chi connectivity index (χ1n) is 8.52. The summed E-state index contributed by atoms with van der Waals surface area (Å²) in [6.45, 7) is 6.53. The summed E-state index contributed by atoms with van der Waals surface area (Å²) < 4.78 is 10.7. The van der Waals surface area contributed by atoms with Gasteiger partial charge in [-0.15, -0.1) is 0 Å². The van der Waals surface area contributed by atoms with E-state index in [0.29, 0.717) is 23.9 Å². The van der Waals surface area contributed by atoms with E-state index in [-0.39, 0.29) is 12.0 Å². The highest BCUT2D eigenvalue weighted by atomic mass is 32.1. The van der Waals surface area contributed by atoms with Crippen LogP contribution in [0, 0.1) is 6.92 Å². The molecule has 2 N–H and O–H groups in total. The van der Waals surface area contributed by atoms with E-state index in [1.807, 2.05) is 50.2 Å². The van der Waals surface area contributed by atoms with Crippen LogP contribution in [0.2, 0.25) is 0 Å². The summed E-state index contributed by atoms with van der Waals surface area (Å²) in [5.41, 5.74) is 2.24. The zero-order valence-electron chi connectivity index (χ0n) is 15.2. The van der Waals surface area contributed by atoms with Crippen molar-refractivity contribution in [2.24, 2.45) is 0 Å². The number of rotatable bonds is 7. The molecule has 6 heteroatoms. The highest BCUT2D eigenvalue weighted by Gasteiger charge is 2.11. The third-order valence-corrected chi connectivity index (χ3v) is 3.84. The molecule has 0 aliphatic heterocycles. The fraction of sp³-hybridized carbons (Fsp3) is 0.300. The number of para-hydroxylation sites is 1. The third-order valence-electron chi connectivity index (χ3n) is 3.62. The molecule has 0 spiro atoms. The van der Waals surface area contributed by atoms with Crippen LogP contribution in [0.1, 0.15) is 29.8 Å². The number of carbonyl (C=O) groups excluding carboxylic acids is 1. The van der Waals surface area contributed by atoms with Crippen LogP contribution in [0.5, 0.6) is 5.75 Å². The highest BCUT2D eigenvalue weighted by molar-refractivity contribution is 7.80. The average Bonchev–Trinajstić information content (AvgIpc) is 2.63. The molecule has 26 heavy (non-hydrogen) atoms. The van der Waals surface area contributed by atoms with Crippen molar-refractivity contribution in [2.75, 3.05) is 18.5 Å². The van der Waals surface area contributed by atoms with Gasteiger partial charge in [0.2, 0.25) is 0 Å². The minimum atomic E-state index is -0.348. The van der Waals surface area contributed by atoms with E-state index in [2.05, 4.69) is 10.6 Å². The molecule has 2 rings (SSSR count). The van der Waals surface area contributed by atoms with Crippen molar-refractivity contribution in [3.8, 4) is 5.75 Å². The van der Waals surface area contributed by atoms with E-state index in [4.69, 9.17) is 21.7 Å². The lowest BCUT2D eigenvalue weighted by Crippen LogP contribution is -2.39. The summed E-state index contributed by atoms with van der Waals surface area (Å²) in [7, 11) is 0. The maximum Gasteiger partial charge on any atom is 0.338 e. The van der Waals surface area contributed by atoms with Gasteiger partial charge >= 0.3 is 5.97 Å². The molecule has 2 aromatic carbocycles. The van der Waals surface area contributed by atoms with Crippen LogP contribution in [0.15, 0.2) is 48.5 Å². The molecule has 138 valence electrons. The molecule has 2 aromatic rings. The molecule has 0 saturated carbocycles. The van der Waals surface area contributed by atoms with Crippen molar-refractivity contribution < 1.29 is 14.3 Å². The number of nitrogens with one attached hydrogen (secondary N) is 2. The first-order valence-corrected chi connectivity index (χ1v) is 8.93. The number of benzene rings is 2. The topological polar surface area (TPSA) is 59.6 Å². The molecule has 0 saturated heterocycles. The summed E-state index contributed by atoms with van der Waals surface area (Å²) in [5.74, 6) is 0.470. The smallest absolute Gasteiger partial charge is 0.338 e. The fourth-order valence-electron chi connectivity index (χ4n) is 2.26. The summed E-state index contributed by atoms with van der Waals surface area (Å²) >= 11 is 5.37. The number of hydrogen-bond donors (Lipinski definition) is 2. The zero-order valence-corrected chi connectivity index (χ0v) is 16.1. The number of carbonyl (C=O) groups is 1. The maximum atomic E-state index is 11.9. The number of hydrogen-bond acceptors (Lipinski definition) is 4. The number of ether oxygens (including phenoxy) is 2. The maximum absolute atomic E-state index is 11.9. The van der Waals surface area contributed by atoms with Crippen molar-refractivity contribution in [1.82, 2.24) is 5.32 Å². The quantitative estimate of drug-likeness (QED) is 0.567. The Morgan fingerprint density at radius 1 is 1.19 bits per heavy atom. The van der Waals surface area contributed by atoms with Crippen molar-refractivity contribution >= 4 is 29.0 Å². The molecule has 0 bridgehead atoms. The lowest BCUT2D eigenvalue weighted by Gasteiger charge is -2.18. The van der Waals surface area contributed by atoms with Gasteiger partial charge in [-0.3, -0.25) is 0 Å². The Balaban J connectivity index is 1.90. The van der Waals surface area contributed by atoms with E-state index in [1.165, 1.54) is 0 Å². The van der Waals surface area contributed by atoms with Crippen LogP contribution in [-0.2, 0) is 4.74 Å². The Bertz CT molecular complexity index is 750. The standard InChI is InChI=1S/C20H24N2O3S/c1-4-24-19(23)16-11-10-14(2)18(12-16)22-20(26)21-15(3)13-25-17-8-6-5-7-9-17/h5-12,15H,4,13H2,1-3H3,(H2,21,22,26)/t15-/m1/s1. The minimum absolute atomic E-state index is 0.0174. The monoisotopic (exact) mass is 372 g/mol. The Hall–Kier alpha value is -2.60. The predicted molar refractivity (Wildman–Crippen MR) is 108 cm³/mol. The molecule has 0 aliphatic carbocycles. The van der Waals surface area contributed by atoms with Crippen molar-refractivity contribution in [1.29, 1.82) is 0 Å². The average molecular weight is 372 g/mol. The second kappa shape index (κ2) is 9.77. The largest absolute Gasteiger partial charge is 0.491 e. The van der Waals surface area contributed by atoms with E-state index < -0.39 is 0 Å². The second-order valence-corrected chi connectivity index (χ2v) is 6.28. The van der Waals surface area contributed by atoms with Crippen molar-refractivity contribution in [2.45, 2.75) is 26.8 Å². The van der Waals surface area contributed by atoms with Crippen LogP contribution in [0.3, 0.4) is 0 Å². The van der Waals surface area contributed by atoms with E-state index in [0.717, 1.165) is 17.0 Å². The van der Waals surface area contributed by atoms with Gasteiger partial charge in [-0.1, -0.05) is 24.3 Å². The van der Waals surface area contributed by atoms with Crippen molar-refractivity contribution in [3.63, 3.8) is 0 Å². The molecule has 0 aromatic heterocycles. The molecule has 1 atom stereocenters. The molecule has 0 unspecified atom stereocenters. The highest BCUT2D eigenvalue weighted by Crippen LogP contribution is 2.18. The van der Waals surface area contributed by atoms with Gasteiger partial charge in [0.05, 0.1) is 18.2 Å². The van der Waals surface area contributed by atoms with Gasteiger partial charge in [0, 0.05) is 5.69 Å². The first-order chi connectivity index (χ1) is 12.5. The molecular weight excluding hydrogens is 348 g/mol. The minimum Gasteiger partial charge on any atom is -0.491 e. The molecule has 5 nitrogen and oxygen atoms in total. The van der Waals surface area contributed by atoms with Crippen LogP contribution in [0.4, 0.5) is 5.69 Å². The van der Waals surface area contributed by atoms with Crippen LogP contribution in [0.25, 0.3) is 0 Å². The van der Waals surface area contributed by atoms with Gasteiger partial charge in [0.1, 0.15) is 12.4 Å². The lowest BCUT2D eigenvalue weighted by atomic mass is 10.1. The Kier molecular flexibility index (Phi) is 7.41. The molecule has 0 heterocycles. The second-order valence-electron chi connectivity index (χ2n) is 5.87. The summed E-state index contributed by atoms with van der Waals surface area (Å²) in [6, 6.07) is 15.0. The molecule has 0 aliphatic rings. The number of aryl methyl sites for hydroxylation is 1. The molecule has 0 amide bonds. The summed E-state index contributed by atoms with van der Waals surface area (Å²) in [6.07, 6.45) is 0. The van der Waals surface area contributed by atoms with E-state index >= 15 is 0 Å². The van der Waals surface area contributed by atoms with E-state index in [1.54, 1.807) is 19.1 Å². The van der Waals surface area contributed by atoms with Crippen LogP contribution >= 0.6 is 12.2 Å². The van der Waals surface area contributed by atoms with Crippen molar-refractivity contribution in [3.05, 3.63) is 59.7 Å². The number of esters is 1. The third kappa shape index (κ3) is 6.04. The summed E-state index contributed by atoms with van der Waals surface area (Å²) in [4.78, 5) is 11.9. The Morgan fingerprint density at radius 3 is 2.62 bits per heavy atom. The normalized spacial score (nSPS) is 11.3. The van der Waals surface area contributed by atoms with Gasteiger partial charge < -0.3 is 20.1 Å².